The van der Waals surface area contributed by atoms with E-state index in [0.717, 1.165) is 0 Å². The van der Waals surface area contributed by atoms with Crippen LogP contribution in [0.4, 0.5) is 0 Å². The highest BCUT2D eigenvalue weighted by atomic mass is 79.9. The third-order valence-corrected chi connectivity index (χ3v) is 1.24. The predicted octanol–water partition coefficient (Wildman–Crippen LogP) is 0.370. The lowest BCUT2D eigenvalue weighted by molar-refractivity contribution is -0.372. The number of nitrogens with zero attached hydrogens (tertiary/aromatic N) is 2. The Morgan fingerprint density at radius 2 is 2.67 bits per heavy atom. The fourth-order valence-corrected chi connectivity index (χ4v) is 0.752. The quantitative estimate of drug-likeness (QED) is 0.318. The minimum Gasteiger partial charge on any atom is -0.406 e. The largest absolute Gasteiger partial charge is 0.536 e. The van der Waals surface area contributed by atoms with Crippen molar-refractivity contribution in [2.24, 2.45) is 4.99 Å². The molecule has 1 aliphatic rings. The number of hydrogen-bond donors (Lipinski definition) is 0. The summed E-state index contributed by atoms with van der Waals surface area (Å²) in [6, 6.07) is -0.406. The van der Waals surface area contributed by atoms with Crippen molar-refractivity contribution >= 4 is 22.0 Å². The second-order valence-corrected chi connectivity index (χ2v) is 2.43. The third kappa shape index (κ3) is 1.38. The van der Waals surface area contributed by atoms with E-state index in [1.807, 2.05) is 0 Å². The van der Waals surface area contributed by atoms with Crippen molar-refractivity contribution in [2.75, 3.05) is 6.54 Å². The fraction of sp³-hybridized carbons (Fsp3) is 0.667. The lowest BCUT2D eigenvalue weighted by Crippen LogP contribution is -2.13. The Kier molecular flexibility index (Phi) is 1.65. The molecule has 0 spiro atoms. The van der Waals surface area contributed by atoms with E-state index < -0.39 is 10.9 Å². The first-order valence-corrected chi connectivity index (χ1v) is 3.11. The number of halogens is 1. The zero-order valence-electron chi connectivity index (χ0n) is 4.28. The highest BCUT2D eigenvalue weighted by molar-refractivity contribution is 9.09. The normalized spacial score (nSPS) is 25.0. The molecule has 5 nitrogen and oxygen atoms in total. The molecule has 1 heterocycles. The predicted molar refractivity (Wildman–Crippen MR) is 33.1 cm³/mol. The zero-order chi connectivity index (χ0) is 6.85. The third-order valence-electron chi connectivity index (χ3n) is 0.760. The Balaban J connectivity index is 2.55. The molecular weight excluding hydrogens is 192 g/mol. The van der Waals surface area contributed by atoms with Crippen LogP contribution in [0.5, 0.6) is 0 Å². The average molecular weight is 195 g/mol. The fourth-order valence-electron chi connectivity index (χ4n) is 0.440. The van der Waals surface area contributed by atoms with Gasteiger partial charge in [-0.2, -0.15) is 0 Å². The average Bonchev–Trinajstić information content (AvgIpc) is 2.14. The molecule has 1 unspecified atom stereocenters. The first-order chi connectivity index (χ1) is 4.20. The van der Waals surface area contributed by atoms with E-state index >= 15 is 0 Å². The molecule has 1 atom stereocenters. The summed E-state index contributed by atoms with van der Waals surface area (Å²) in [7, 11) is 0. The van der Waals surface area contributed by atoms with Gasteiger partial charge in [0, 0.05) is 4.92 Å². The van der Waals surface area contributed by atoms with E-state index in [-0.39, 0.29) is 5.01 Å². The van der Waals surface area contributed by atoms with E-state index in [9.17, 15) is 10.1 Å². The van der Waals surface area contributed by atoms with Gasteiger partial charge < -0.3 is 14.9 Å². The summed E-state index contributed by atoms with van der Waals surface area (Å²) in [4.78, 5) is 12.7. The molecule has 9 heavy (non-hydrogen) atoms. The molecule has 0 aromatic carbocycles. The van der Waals surface area contributed by atoms with Gasteiger partial charge in [0.15, 0.2) is 6.54 Å². The first-order valence-electron chi connectivity index (χ1n) is 2.19. The zero-order valence-corrected chi connectivity index (χ0v) is 5.87. The van der Waals surface area contributed by atoms with E-state index in [1.54, 1.807) is 0 Å². The van der Waals surface area contributed by atoms with Crippen molar-refractivity contribution in [3.05, 3.63) is 10.1 Å². The van der Waals surface area contributed by atoms with Crippen LogP contribution in [0.3, 0.4) is 0 Å². The first kappa shape index (κ1) is 6.47. The van der Waals surface area contributed by atoms with E-state index in [4.69, 9.17) is 0 Å². The van der Waals surface area contributed by atoms with Gasteiger partial charge in [-0.05, 0) is 20.9 Å². The van der Waals surface area contributed by atoms with Crippen LogP contribution in [-0.2, 0) is 4.74 Å². The maximum absolute atomic E-state index is 9.88. The lowest BCUT2D eigenvalue weighted by Gasteiger charge is -1.94. The molecule has 0 fully saturated rings. The number of alkyl halides is 1. The molecule has 0 aromatic rings. The Labute approximate surface area is 59.0 Å². The number of nitro groups is 1. The molecule has 1 rings (SSSR count). The topological polar surface area (TPSA) is 64.7 Å². The van der Waals surface area contributed by atoms with Gasteiger partial charge in [0.1, 0.15) is 0 Å². The van der Waals surface area contributed by atoms with Crippen molar-refractivity contribution < 1.29 is 9.66 Å². The summed E-state index contributed by atoms with van der Waals surface area (Å²) in [6.07, 6.45) is 0. The summed E-state index contributed by atoms with van der Waals surface area (Å²) < 4.78 is 4.59. The van der Waals surface area contributed by atoms with Gasteiger partial charge in [-0.25, -0.2) is 0 Å². The van der Waals surface area contributed by atoms with Gasteiger partial charge in [0.25, 0.3) is 0 Å². The van der Waals surface area contributed by atoms with Crippen molar-refractivity contribution in [1.82, 2.24) is 0 Å². The minimum absolute atomic E-state index is 0.316. The second kappa shape index (κ2) is 2.30. The van der Waals surface area contributed by atoms with Crippen molar-refractivity contribution in [2.45, 2.75) is 5.01 Å². The highest BCUT2D eigenvalue weighted by Gasteiger charge is 2.27. The maximum atomic E-state index is 9.88. The van der Waals surface area contributed by atoms with E-state index in [0.29, 0.717) is 6.54 Å². The van der Waals surface area contributed by atoms with Crippen molar-refractivity contribution in [1.29, 1.82) is 0 Å². The van der Waals surface area contributed by atoms with Gasteiger partial charge in [-0.3, -0.25) is 0 Å². The highest BCUT2D eigenvalue weighted by Crippen LogP contribution is 2.09. The number of aliphatic imine (C=N–C) groups is 1. The van der Waals surface area contributed by atoms with Gasteiger partial charge in [-0.15, -0.1) is 0 Å². The van der Waals surface area contributed by atoms with E-state index in [1.165, 1.54) is 0 Å². The summed E-state index contributed by atoms with van der Waals surface area (Å²) in [5.41, 5.74) is 0. The summed E-state index contributed by atoms with van der Waals surface area (Å²) in [6.45, 7) is 0.316. The molecule has 0 saturated carbocycles. The van der Waals surface area contributed by atoms with Crippen LogP contribution in [0.15, 0.2) is 4.99 Å². The van der Waals surface area contributed by atoms with Crippen LogP contribution in [0.2, 0.25) is 0 Å². The molecular formula is C3H3BrN2O3. The molecule has 0 N–H and O–H groups in total. The molecule has 0 radical (unpaired) electrons. The molecule has 6 heteroatoms. The Morgan fingerprint density at radius 1 is 2.00 bits per heavy atom. The molecule has 0 bridgehead atoms. The Hall–Kier alpha value is -0.650. The second-order valence-electron chi connectivity index (χ2n) is 1.41. The van der Waals surface area contributed by atoms with Crippen molar-refractivity contribution in [3.8, 4) is 0 Å². The van der Waals surface area contributed by atoms with Gasteiger partial charge >= 0.3 is 6.02 Å². The number of rotatable bonds is 0. The molecule has 0 amide bonds. The summed E-state index contributed by atoms with van der Waals surface area (Å²) in [5, 5.41) is 9.55. The van der Waals surface area contributed by atoms with Crippen LogP contribution < -0.4 is 0 Å². The van der Waals surface area contributed by atoms with Gasteiger partial charge in [0.05, 0.1) is 0 Å². The minimum atomic E-state index is -0.652. The van der Waals surface area contributed by atoms with Gasteiger partial charge in [-0.1, -0.05) is 0 Å². The van der Waals surface area contributed by atoms with Gasteiger partial charge in [0.2, 0.25) is 5.01 Å². The summed E-state index contributed by atoms with van der Waals surface area (Å²) in [5.74, 6) is 0. The molecule has 50 valence electrons. The number of ether oxygens (including phenoxy) is 1. The standard InChI is InChI=1S/C3H3BrN2O3/c4-2-1-5-3(9-2)6(7)8/h2H,1H2. The molecule has 1 aliphatic heterocycles. The maximum Gasteiger partial charge on any atom is 0.536 e. The lowest BCUT2D eigenvalue weighted by atomic mass is 10.8. The smallest absolute Gasteiger partial charge is 0.406 e. The van der Waals surface area contributed by atoms with E-state index in [2.05, 4.69) is 25.7 Å². The van der Waals surface area contributed by atoms with Crippen molar-refractivity contribution in [3.63, 3.8) is 0 Å². The number of amidine groups is 1. The number of hydrogen-bond acceptors (Lipinski definition) is 4. The molecule has 0 saturated heterocycles. The Bertz CT molecular complexity index is 168. The van der Waals surface area contributed by atoms with Crippen LogP contribution in [0.1, 0.15) is 0 Å². The van der Waals surface area contributed by atoms with Crippen LogP contribution >= 0.6 is 15.9 Å². The summed E-state index contributed by atoms with van der Waals surface area (Å²) >= 11 is 3.01. The van der Waals surface area contributed by atoms with Crippen LogP contribution in [0, 0.1) is 10.1 Å². The monoisotopic (exact) mass is 194 g/mol. The SMILES string of the molecule is O=[N+]([O-])C1=NCC(Br)O1. The Morgan fingerprint density at radius 3 is 2.89 bits per heavy atom. The van der Waals surface area contributed by atoms with Crippen LogP contribution in [-0.4, -0.2) is 22.5 Å². The molecule has 0 aliphatic carbocycles. The van der Waals surface area contributed by atoms with Crippen LogP contribution in [0.25, 0.3) is 0 Å². The molecule has 0 aromatic heterocycles.